The average molecular weight is 397 g/mol. The molecule has 1 N–H and O–H groups in total. The highest BCUT2D eigenvalue weighted by Gasteiger charge is 2.36. The van der Waals surface area contributed by atoms with E-state index >= 15 is 0 Å². The number of halogens is 2. The van der Waals surface area contributed by atoms with Gasteiger partial charge in [-0.2, -0.15) is 0 Å². The van der Waals surface area contributed by atoms with Crippen molar-refractivity contribution in [3.63, 3.8) is 0 Å². The van der Waals surface area contributed by atoms with Crippen LogP contribution in [0.1, 0.15) is 38.7 Å². The molecule has 0 aromatic heterocycles. The predicted molar refractivity (Wildman–Crippen MR) is 101 cm³/mol. The molecule has 1 fully saturated rings. The fourth-order valence-corrected chi connectivity index (χ4v) is 2.78. The molecule has 1 aliphatic rings. The lowest BCUT2D eigenvalue weighted by Crippen LogP contribution is -2.34. The molecule has 1 aromatic carbocycles. The van der Waals surface area contributed by atoms with E-state index in [2.05, 4.69) is 47.2 Å². The van der Waals surface area contributed by atoms with Crippen LogP contribution in [-0.4, -0.2) is 11.9 Å². The summed E-state index contributed by atoms with van der Waals surface area (Å²) in [6.45, 7) is 6.21. The van der Waals surface area contributed by atoms with Gasteiger partial charge in [0, 0.05) is 16.6 Å². The highest BCUT2D eigenvalue weighted by atomic mass is 79.9. The highest BCUT2D eigenvalue weighted by Crippen LogP contribution is 2.49. The molecule has 1 aliphatic carbocycles. The van der Waals surface area contributed by atoms with Gasteiger partial charge in [0.25, 0.3) is 0 Å². The fourth-order valence-electron chi connectivity index (χ4n) is 2.34. The van der Waals surface area contributed by atoms with Crippen LogP contribution in [0.2, 0.25) is 5.02 Å². The third-order valence-electron chi connectivity index (χ3n) is 4.30. The van der Waals surface area contributed by atoms with Gasteiger partial charge < -0.3 is 5.32 Å². The fraction of sp³-hybridized carbons (Fsp3) is 0.421. The first-order valence-electron chi connectivity index (χ1n) is 7.98. The van der Waals surface area contributed by atoms with Crippen LogP contribution in [0.15, 0.2) is 47.0 Å². The number of carbonyl (C=O) groups is 1. The molecule has 0 saturated heterocycles. The highest BCUT2D eigenvalue weighted by molar-refractivity contribution is 9.10. The largest absolute Gasteiger partial charge is 0.350 e. The molecule has 1 saturated carbocycles. The van der Waals surface area contributed by atoms with Crippen LogP contribution in [-0.2, 0) is 4.79 Å². The number of hydrogen-bond acceptors (Lipinski definition) is 1. The van der Waals surface area contributed by atoms with Crippen LogP contribution >= 0.6 is 27.5 Å². The smallest absolute Gasteiger partial charge is 0.244 e. The van der Waals surface area contributed by atoms with Crippen molar-refractivity contribution in [2.24, 2.45) is 11.8 Å². The molecule has 1 amide bonds. The summed E-state index contributed by atoms with van der Waals surface area (Å²) in [6.07, 6.45) is 8.66. The molecule has 1 aromatic rings. The zero-order chi connectivity index (χ0) is 17.0. The lowest BCUT2D eigenvalue weighted by atomic mass is 10.1. The SMILES string of the molecule is CC(C)C(C)NC(=O)C=CC=C[C@@H]1C[C@H]1c1ccc(Br)c(Cl)c1. The van der Waals surface area contributed by atoms with Crippen LogP contribution in [0, 0.1) is 11.8 Å². The Morgan fingerprint density at radius 1 is 1.35 bits per heavy atom. The summed E-state index contributed by atoms with van der Waals surface area (Å²) < 4.78 is 0.931. The number of amides is 1. The van der Waals surface area contributed by atoms with Crippen LogP contribution in [0.5, 0.6) is 0 Å². The van der Waals surface area contributed by atoms with E-state index in [1.165, 1.54) is 5.56 Å². The number of benzene rings is 1. The van der Waals surface area contributed by atoms with Crippen molar-refractivity contribution in [3.05, 3.63) is 57.6 Å². The van der Waals surface area contributed by atoms with Crippen molar-refractivity contribution in [1.29, 1.82) is 0 Å². The molecule has 23 heavy (non-hydrogen) atoms. The maximum absolute atomic E-state index is 11.7. The van der Waals surface area contributed by atoms with Gasteiger partial charge in [-0.15, -0.1) is 0 Å². The summed E-state index contributed by atoms with van der Waals surface area (Å²) in [5, 5.41) is 3.71. The number of hydrogen-bond donors (Lipinski definition) is 1. The van der Waals surface area contributed by atoms with Gasteiger partial charge in [0.1, 0.15) is 0 Å². The lowest BCUT2D eigenvalue weighted by Gasteiger charge is -2.15. The second kappa shape index (κ2) is 8.16. The van der Waals surface area contributed by atoms with Crippen molar-refractivity contribution in [2.45, 2.75) is 39.2 Å². The van der Waals surface area contributed by atoms with Gasteiger partial charge in [0.2, 0.25) is 5.91 Å². The zero-order valence-corrected chi connectivity index (χ0v) is 16.1. The normalized spacial score (nSPS) is 22.0. The summed E-state index contributed by atoms with van der Waals surface area (Å²) in [4.78, 5) is 11.7. The van der Waals surface area contributed by atoms with E-state index in [1.54, 1.807) is 6.08 Å². The molecule has 3 atom stereocenters. The van der Waals surface area contributed by atoms with Gasteiger partial charge in [0.05, 0.1) is 5.02 Å². The van der Waals surface area contributed by atoms with Crippen molar-refractivity contribution < 1.29 is 4.79 Å². The molecule has 2 rings (SSSR count). The molecule has 124 valence electrons. The monoisotopic (exact) mass is 395 g/mol. The van der Waals surface area contributed by atoms with Gasteiger partial charge >= 0.3 is 0 Å². The summed E-state index contributed by atoms with van der Waals surface area (Å²) in [5.74, 6) is 1.48. The van der Waals surface area contributed by atoms with Gasteiger partial charge in [-0.1, -0.05) is 49.7 Å². The Bertz CT molecular complexity index is 624. The van der Waals surface area contributed by atoms with Crippen molar-refractivity contribution in [2.75, 3.05) is 0 Å². The number of carbonyl (C=O) groups excluding carboxylic acids is 1. The van der Waals surface area contributed by atoms with Gasteiger partial charge in [-0.05, 0) is 64.7 Å². The molecule has 0 radical (unpaired) electrons. The van der Waals surface area contributed by atoms with Gasteiger partial charge in [-0.3, -0.25) is 4.79 Å². The molecule has 1 unspecified atom stereocenters. The summed E-state index contributed by atoms with van der Waals surface area (Å²) in [6, 6.07) is 6.33. The topological polar surface area (TPSA) is 29.1 Å². The van der Waals surface area contributed by atoms with E-state index in [4.69, 9.17) is 11.6 Å². The maximum atomic E-state index is 11.7. The lowest BCUT2D eigenvalue weighted by molar-refractivity contribution is -0.117. The minimum atomic E-state index is -0.0390. The quantitative estimate of drug-likeness (QED) is 0.500. The van der Waals surface area contributed by atoms with Crippen LogP contribution in [0.25, 0.3) is 0 Å². The summed E-state index contributed by atoms with van der Waals surface area (Å²) in [5.41, 5.74) is 1.28. The third kappa shape index (κ3) is 5.50. The Morgan fingerprint density at radius 2 is 2.09 bits per heavy atom. The Morgan fingerprint density at radius 3 is 2.74 bits per heavy atom. The Labute approximate surface area is 152 Å². The minimum absolute atomic E-state index is 0.0390. The van der Waals surface area contributed by atoms with E-state index in [-0.39, 0.29) is 11.9 Å². The van der Waals surface area contributed by atoms with Crippen LogP contribution < -0.4 is 5.32 Å². The van der Waals surface area contributed by atoms with E-state index < -0.39 is 0 Å². The average Bonchev–Trinajstić information content (AvgIpc) is 3.26. The second-order valence-electron chi connectivity index (χ2n) is 6.46. The Kier molecular flexibility index (Phi) is 6.49. The van der Waals surface area contributed by atoms with Gasteiger partial charge in [-0.25, -0.2) is 0 Å². The number of nitrogens with one attached hydrogen (secondary N) is 1. The summed E-state index contributed by atoms with van der Waals surface area (Å²) >= 11 is 9.55. The predicted octanol–water partition coefficient (Wildman–Crippen LogP) is 5.48. The number of allylic oxidation sites excluding steroid dienone is 3. The van der Waals surface area contributed by atoms with Crippen molar-refractivity contribution >= 4 is 33.4 Å². The molecule has 0 heterocycles. The first kappa shape index (κ1) is 18.3. The zero-order valence-electron chi connectivity index (χ0n) is 13.7. The second-order valence-corrected chi connectivity index (χ2v) is 7.73. The number of rotatable bonds is 6. The minimum Gasteiger partial charge on any atom is -0.350 e. The molecule has 0 spiro atoms. The maximum Gasteiger partial charge on any atom is 0.244 e. The first-order chi connectivity index (χ1) is 10.9. The summed E-state index contributed by atoms with van der Waals surface area (Å²) in [7, 11) is 0. The third-order valence-corrected chi connectivity index (χ3v) is 5.53. The van der Waals surface area contributed by atoms with Crippen molar-refractivity contribution in [1.82, 2.24) is 5.32 Å². The van der Waals surface area contributed by atoms with Crippen LogP contribution in [0.4, 0.5) is 0 Å². The molecule has 2 nitrogen and oxygen atoms in total. The Balaban J connectivity index is 1.80. The van der Waals surface area contributed by atoms with E-state index in [0.717, 1.165) is 15.9 Å². The van der Waals surface area contributed by atoms with Gasteiger partial charge in [0.15, 0.2) is 0 Å². The van der Waals surface area contributed by atoms with Crippen LogP contribution in [0.3, 0.4) is 0 Å². The van der Waals surface area contributed by atoms with E-state index in [1.807, 2.05) is 31.2 Å². The Hall–Kier alpha value is -1.06. The van der Waals surface area contributed by atoms with E-state index in [9.17, 15) is 4.79 Å². The first-order valence-corrected chi connectivity index (χ1v) is 9.16. The molecular formula is C19H23BrClNO. The molecule has 4 heteroatoms. The standard InChI is InChI=1S/C19H23BrClNO/c1-12(2)13(3)22-19(23)7-5-4-6-14-10-16(14)15-8-9-17(20)18(21)11-15/h4-9,11-14,16H,10H2,1-3H3,(H,22,23)/t13?,14-,16-/m1/s1. The molecular weight excluding hydrogens is 374 g/mol. The van der Waals surface area contributed by atoms with E-state index in [0.29, 0.717) is 17.8 Å². The van der Waals surface area contributed by atoms with Crippen molar-refractivity contribution in [3.8, 4) is 0 Å². The molecule has 0 aliphatic heterocycles. The molecule has 0 bridgehead atoms.